The first-order valence-electron chi connectivity index (χ1n) is 6.78. The molecule has 0 aliphatic rings. The van der Waals surface area contributed by atoms with Crippen LogP contribution in [0.2, 0.25) is 0 Å². The molecule has 0 saturated heterocycles. The van der Waals surface area contributed by atoms with Gasteiger partial charge in [-0.15, -0.1) is 11.3 Å². The summed E-state index contributed by atoms with van der Waals surface area (Å²) in [6.45, 7) is 5.96. The van der Waals surface area contributed by atoms with Crippen molar-refractivity contribution >= 4 is 11.3 Å². The molecular weight excluding hydrogens is 254 g/mol. The van der Waals surface area contributed by atoms with Crippen LogP contribution in [0.25, 0.3) is 0 Å². The van der Waals surface area contributed by atoms with Gasteiger partial charge in [0.1, 0.15) is 5.75 Å². The molecule has 0 amide bonds. The van der Waals surface area contributed by atoms with E-state index in [4.69, 9.17) is 4.74 Å². The summed E-state index contributed by atoms with van der Waals surface area (Å²) in [7, 11) is 0. The molecule has 0 bridgehead atoms. The van der Waals surface area contributed by atoms with Gasteiger partial charge in [0.15, 0.2) is 0 Å². The van der Waals surface area contributed by atoms with E-state index < -0.39 is 0 Å². The molecule has 1 atom stereocenters. The lowest BCUT2D eigenvalue weighted by molar-refractivity contribution is 0.317. The maximum Gasteiger partial charge on any atom is 0.119 e. The van der Waals surface area contributed by atoms with E-state index in [1.165, 1.54) is 10.4 Å². The minimum absolute atomic E-state index is 0.389. The van der Waals surface area contributed by atoms with Gasteiger partial charge < -0.3 is 10.1 Å². The van der Waals surface area contributed by atoms with Crippen LogP contribution in [0.3, 0.4) is 0 Å². The van der Waals surface area contributed by atoms with Crippen molar-refractivity contribution in [3.63, 3.8) is 0 Å². The maximum atomic E-state index is 5.65. The van der Waals surface area contributed by atoms with Gasteiger partial charge in [-0.05, 0) is 42.5 Å². The standard InChI is InChI=1S/C16H21NOS/c1-3-9-18-15-7-4-6-14(11-15)12-17-13(2)16-8-5-10-19-16/h4-8,10-11,13,17H,3,9,12H2,1-2H3/t13-/m0/s1. The average Bonchev–Trinajstić information content (AvgIpc) is 2.97. The Bertz CT molecular complexity index is 481. The minimum atomic E-state index is 0.389. The summed E-state index contributed by atoms with van der Waals surface area (Å²) in [4.78, 5) is 1.37. The Balaban J connectivity index is 1.88. The predicted molar refractivity (Wildman–Crippen MR) is 81.8 cm³/mol. The van der Waals surface area contributed by atoms with Crippen LogP contribution in [0.5, 0.6) is 5.75 Å². The fourth-order valence-electron chi connectivity index (χ4n) is 1.87. The lowest BCUT2D eigenvalue weighted by Gasteiger charge is -2.13. The molecular formula is C16H21NOS. The third-order valence-electron chi connectivity index (χ3n) is 2.95. The highest BCUT2D eigenvalue weighted by atomic mass is 32.1. The van der Waals surface area contributed by atoms with E-state index in [1.807, 2.05) is 6.07 Å². The van der Waals surface area contributed by atoms with Gasteiger partial charge in [-0.1, -0.05) is 25.1 Å². The third-order valence-corrected chi connectivity index (χ3v) is 4.01. The summed E-state index contributed by atoms with van der Waals surface area (Å²) in [5.41, 5.74) is 1.26. The Morgan fingerprint density at radius 2 is 2.16 bits per heavy atom. The molecule has 19 heavy (non-hydrogen) atoms. The van der Waals surface area contributed by atoms with Gasteiger partial charge in [-0.3, -0.25) is 0 Å². The second-order valence-corrected chi connectivity index (χ2v) is 5.59. The molecule has 1 aromatic carbocycles. The second-order valence-electron chi connectivity index (χ2n) is 4.61. The SMILES string of the molecule is CCCOc1cccc(CN[C@@H](C)c2cccs2)c1. The van der Waals surface area contributed by atoms with Gasteiger partial charge in [0.25, 0.3) is 0 Å². The van der Waals surface area contributed by atoms with Crippen molar-refractivity contribution in [2.75, 3.05) is 6.61 Å². The number of hydrogen-bond acceptors (Lipinski definition) is 3. The lowest BCUT2D eigenvalue weighted by atomic mass is 10.2. The fraction of sp³-hybridized carbons (Fsp3) is 0.375. The normalized spacial score (nSPS) is 12.3. The third kappa shape index (κ3) is 4.37. The quantitative estimate of drug-likeness (QED) is 0.809. The Hall–Kier alpha value is -1.32. The van der Waals surface area contributed by atoms with E-state index in [0.717, 1.165) is 25.3 Å². The number of rotatable bonds is 7. The lowest BCUT2D eigenvalue weighted by Crippen LogP contribution is -2.17. The Morgan fingerprint density at radius 3 is 2.89 bits per heavy atom. The zero-order valence-electron chi connectivity index (χ0n) is 11.6. The van der Waals surface area contributed by atoms with Crippen molar-refractivity contribution in [2.45, 2.75) is 32.9 Å². The second kappa shape index (κ2) is 7.31. The average molecular weight is 275 g/mol. The van der Waals surface area contributed by atoms with Crippen LogP contribution in [0, 0.1) is 0 Å². The van der Waals surface area contributed by atoms with Crippen molar-refractivity contribution in [3.8, 4) is 5.75 Å². The highest BCUT2D eigenvalue weighted by Gasteiger charge is 2.05. The van der Waals surface area contributed by atoms with Crippen LogP contribution in [0.1, 0.15) is 36.8 Å². The molecule has 1 aromatic heterocycles. The molecule has 2 nitrogen and oxygen atoms in total. The number of hydrogen-bond donors (Lipinski definition) is 1. The number of ether oxygens (including phenoxy) is 1. The molecule has 2 aromatic rings. The van der Waals surface area contributed by atoms with Crippen LogP contribution < -0.4 is 10.1 Å². The van der Waals surface area contributed by atoms with Gasteiger partial charge in [0.05, 0.1) is 6.61 Å². The van der Waals surface area contributed by atoms with Crippen LogP contribution in [0.4, 0.5) is 0 Å². The Morgan fingerprint density at radius 1 is 1.26 bits per heavy atom. The van der Waals surface area contributed by atoms with Crippen molar-refractivity contribution in [3.05, 3.63) is 52.2 Å². The van der Waals surface area contributed by atoms with E-state index in [1.54, 1.807) is 11.3 Å². The maximum absolute atomic E-state index is 5.65. The summed E-state index contributed by atoms with van der Waals surface area (Å²) in [5.74, 6) is 0.963. The highest BCUT2D eigenvalue weighted by molar-refractivity contribution is 7.10. The molecule has 102 valence electrons. The van der Waals surface area contributed by atoms with Gasteiger partial charge in [0, 0.05) is 17.5 Å². The molecule has 0 radical (unpaired) electrons. The van der Waals surface area contributed by atoms with Gasteiger partial charge in [0.2, 0.25) is 0 Å². The van der Waals surface area contributed by atoms with Crippen LogP contribution in [-0.2, 0) is 6.54 Å². The summed E-state index contributed by atoms with van der Waals surface area (Å²) >= 11 is 1.79. The molecule has 0 aliphatic carbocycles. The van der Waals surface area contributed by atoms with Crippen molar-refractivity contribution in [2.24, 2.45) is 0 Å². The van der Waals surface area contributed by atoms with Crippen LogP contribution in [-0.4, -0.2) is 6.61 Å². The largest absolute Gasteiger partial charge is 0.494 e. The smallest absolute Gasteiger partial charge is 0.119 e. The Labute approximate surface area is 119 Å². The van der Waals surface area contributed by atoms with E-state index in [2.05, 4.69) is 54.9 Å². The fourth-order valence-corrected chi connectivity index (χ4v) is 2.63. The topological polar surface area (TPSA) is 21.3 Å². The monoisotopic (exact) mass is 275 g/mol. The number of benzene rings is 1. The zero-order valence-corrected chi connectivity index (χ0v) is 12.4. The predicted octanol–water partition coefficient (Wildman–Crippen LogP) is 4.39. The van der Waals surface area contributed by atoms with Crippen LogP contribution >= 0.6 is 11.3 Å². The van der Waals surface area contributed by atoms with Gasteiger partial charge in [-0.2, -0.15) is 0 Å². The highest BCUT2D eigenvalue weighted by Crippen LogP contribution is 2.19. The molecule has 1 heterocycles. The minimum Gasteiger partial charge on any atom is -0.494 e. The summed E-state index contributed by atoms with van der Waals surface area (Å²) in [5, 5.41) is 5.66. The molecule has 2 rings (SSSR count). The molecule has 0 saturated carbocycles. The summed E-state index contributed by atoms with van der Waals surface area (Å²) in [6.07, 6.45) is 1.04. The van der Waals surface area contributed by atoms with Crippen LogP contribution in [0.15, 0.2) is 41.8 Å². The zero-order chi connectivity index (χ0) is 13.5. The first-order valence-corrected chi connectivity index (χ1v) is 7.66. The summed E-state index contributed by atoms with van der Waals surface area (Å²) in [6, 6.07) is 13.0. The molecule has 0 spiro atoms. The number of thiophene rings is 1. The van der Waals surface area contributed by atoms with Gasteiger partial charge in [-0.25, -0.2) is 0 Å². The van der Waals surface area contributed by atoms with Crippen molar-refractivity contribution in [1.82, 2.24) is 5.32 Å². The Kier molecular flexibility index (Phi) is 5.43. The van der Waals surface area contributed by atoms with E-state index in [0.29, 0.717) is 6.04 Å². The van der Waals surface area contributed by atoms with E-state index in [-0.39, 0.29) is 0 Å². The first-order chi connectivity index (χ1) is 9.29. The first kappa shape index (κ1) is 14.1. The molecule has 0 unspecified atom stereocenters. The molecule has 1 N–H and O–H groups in total. The van der Waals surface area contributed by atoms with E-state index in [9.17, 15) is 0 Å². The number of nitrogens with one attached hydrogen (secondary N) is 1. The molecule has 3 heteroatoms. The van der Waals surface area contributed by atoms with Crippen molar-refractivity contribution < 1.29 is 4.74 Å². The molecule has 0 aliphatic heterocycles. The summed E-state index contributed by atoms with van der Waals surface area (Å²) < 4.78 is 5.65. The van der Waals surface area contributed by atoms with Gasteiger partial charge >= 0.3 is 0 Å². The van der Waals surface area contributed by atoms with Crippen molar-refractivity contribution in [1.29, 1.82) is 0 Å². The van der Waals surface area contributed by atoms with E-state index >= 15 is 0 Å². The molecule has 0 fully saturated rings.